The largest absolute Gasteiger partial charge is 0.478 e. The molecule has 1 aliphatic heterocycles. The van der Waals surface area contributed by atoms with Gasteiger partial charge in [0.05, 0.1) is 22.7 Å². The van der Waals surface area contributed by atoms with Gasteiger partial charge < -0.3 is 5.11 Å². The van der Waals surface area contributed by atoms with Crippen LogP contribution in [0.3, 0.4) is 0 Å². The second-order valence-corrected chi connectivity index (χ2v) is 9.91. The first-order valence-corrected chi connectivity index (χ1v) is 11.1. The normalized spacial score (nSPS) is 15.9. The van der Waals surface area contributed by atoms with Gasteiger partial charge in [0.2, 0.25) is 10.0 Å². The van der Waals surface area contributed by atoms with E-state index in [1.54, 1.807) is 0 Å². The van der Waals surface area contributed by atoms with Crippen molar-refractivity contribution in [2.24, 2.45) is 0 Å². The predicted octanol–water partition coefficient (Wildman–Crippen LogP) is 1.05. The zero-order valence-electron chi connectivity index (χ0n) is 15.4. The Labute approximate surface area is 167 Å². The summed E-state index contributed by atoms with van der Waals surface area (Å²) in [4.78, 5) is 24.7. The van der Waals surface area contributed by atoms with E-state index >= 15 is 0 Å². The van der Waals surface area contributed by atoms with E-state index in [0.29, 0.717) is 9.87 Å². The molecule has 0 saturated heterocycles. The molecule has 2 amide bonds. The first kappa shape index (κ1) is 20.8. The molecule has 12 heteroatoms. The fraction of sp³-hybridized carbons (Fsp3) is 0.176. The number of fused-ring (bicyclic) bond motifs is 1. The van der Waals surface area contributed by atoms with Crippen molar-refractivity contribution in [3.8, 4) is 0 Å². The highest BCUT2D eigenvalue weighted by Crippen LogP contribution is 2.35. The second kappa shape index (κ2) is 7.13. The lowest BCUT2D eigenvalue weighted by Crippen LogP contribution is -2.48. The van der Waals surface area contributed by atoms with Gasteiger partial charge in [0.25, 0.3) is 10.0 Å². The van der Waals surface area contributed by atoms with Crippen LogP contribution in [0.25, 0.3) is 0 Å². The van der Waals surface area contributed by atoms with E-state index < -0.39 is 32.0 Å². The van der Waals surface area contributed by atoms with E-state index in [2.05, 4.69) is 4.72 Å². The van der Waals surface area contributed by atoms with Crippen LogP contribution in [-0.2, 0) is 26.6 Å². The number of hydrogen-bond donors (Lipinski definition) is 2. The van der Waals surface area contributed by atoms with Gasteiger partial charge in [-0.2, -0.15) is 0 Å². The Bertz CT molecular complexity index is 1210. The van der Waals surface area contributed by atoms with Crippen LogP contribution in [0.4, 0.5) is 10.5 Å². The minimum atomic E-state index is -4.31. The summed E-state index contributed by atoms with van der Waals surface area (Å²) in [6, 6.07) is 8.07. The van der Waals surface area contributed by atoms with E-state index in [9.17, 15) is 26.4 Å². The Morgan fingerprint density at radius 3 is 2.31 bits per heavy atom. The van der Waals surface area contributed by atoms with Crippen LogP contribution in [0, 0.1) is 0 Å². The molecule has 3 rings (SSSR count). The highest BCUT2D eigenvalue weighted by molar-refractivity contribution is 7.90. The Balaban J connectivity index is 2.01. The first-order chi connectivity index (χ1) is 13.5. The van der Waals surface area contributed by atoms with Gasteiger partial charge in [-0.25, -0.2) is 35.5 Å². The summed E-state index contributed by atoms with van der Waals surface area (Å²) in [6.45, 7) is -0.345. The Kier molecular flexibility index (Phi) is 5.11. The third-order valence-electron chi connectivity index (χ3n) is 4.47. The number of carboxylic acid groups (broad SMARTS) is 1. The molecule has 0 aliphatic carbocycles. The van der Waals surface area contributed by atoms with Gasteiger partial charge in [-0.05, 0) is 42.9 Å². The third-order valence-corrected chi connectivity index (χ3v) is 7.64. The number of urea groups is 1. The molecule has 2 N–H and O–H groups in total. The zero-order chi connectivity index (χ0) is 21.6. The summed E-state index contributed by atoms with van der Waals surface area (Å²) in [6.07, 6.45) is 0. The molecule has 0 aromatic heterocycles. The summed E-state index contributed by atoms with van der Waals surface area (Å²) < 4.78 is 52.4. The number of hydrogen-bond acceptors (Lipinski definition) is 6. The summed E-state index contributed by atoms with van der Waals surface area (Å²) >= 11 is 0. The molecule has 2 aromatic carbocycles. The summed E-state index contributed by atoms with van der Waals surface area (Å²) in [7, 11) is -5.32. The number of aromatic carboxylic acids is 1. The van der Waals surface area contributed by atoms with Crippen molar-refractivity contribution >= 4 is 37.7 Å². The highest BCUT2D eigenvalue weighted by Gasteiger charge is 2.40. The maximum Gasteiger partial charge on any atom is 0.338 e. The van der Waals surface area contributed by atoms with Gasteiger partial charge in [-0.1, -0.05) is 12.1 Å². The van der Waals surface area contributed by atoms with Crippen LogP contribution >= 0.6 is 0 Å². The molecule has 2 aromatic rings. The fourth-order valence-corrected chi connectivity index (χ4v) is 5.19. The van der Waals surface area contributed by atoms with Gasteiger partial charge in [0.1, 0.15) is 4.90 Å². The van der Waals surface area contributed by atoms with Gasteiger partial charge >= 0.3 is 12.0 Å². The van der Waals surface area contributed by atoms with Crippen molar-refractivity contribution in [3.05, 3.63) is 53.6 Å². The maximum atomic E-state index is 13.0. The number of nitrogens with zero attached hydrogens (tertiary/aromatic N) is 2. The SMILES string of the molecule is CNS(=O)(=O)c1ccc(CN2C(=O)N(C)c3ccc(C(=O)O)cc3S2(=O)=O)cc1. The van der Waals surface area contributed by atoms with Crippen molar-refractivity contribution in [3.63, 3.8) is 0 Å². The Morgan fingerprint density at radius 1 is 1.14 bits per heavy atom. The molecule has 0 saturated carbocycles. The van der Waals surface area contributed by atoms with E-state index in [1.165, 1.54) is 50.5 Å². The van der Waals surface area contributed by atoms with Crippen LogP contribution in [0.2, 0.25) is 0 Å². The maximum absolute atomic E-state index is 13.0. The highest BCUT2D eigenvalue weighted by atomic mass is 32.2. The number of carboxylic acids is 1. The summed E-state index contributed by atoms with van der Waals surface area (Å²) in [5.41, 5.74) is 0.228. The number of nitrogens with one attached hydrogen (secondary N) is 1. The van der Waals surface area contributed by atoms with Gasteiger partial charge in [-0.15, -0.1) is 0 Å². The number of benzene rings is 2. The van der Waals surface area contributed by atoms with Gasteiger partial charge in [0, 0.05) is 7.05 Å². The fourth-order valence-electron chi connectivity index (χ4n) is 2.83. The van der Waals surface area contributed by atoms with Crippen LogP contribution < -0.4 is 9.62 Å². The molecule has 0 radical (unpaired) electrons. The number of anilines is 1. The average molecular weight is 439 g/mol. The predicted molar refractivity (Wildman–Crippen MR) is 103 cm³/mol. The summed E-state index contributed by atoms with van der Waals surface area (Å²) in [5, 5.41) is 9.14. The van der Waals surface area contributed by atoms with Crippen molar-refractivity contribution in [1.82, 2.24) is 9.03 Å². The zero-order valence-corrected chi connectivity index (χ0v) is 17.0. The quantitative estimate of drug-likeness (QED) is 0.709. The van der Waals surface area contributed by atoms with Crippen molar-refractivity contribution in [2.45, 2.75) is 16.3 Å². The minimum absolute atomic E-state index is 0.00913. The Morgan fingerprint density at radius 2 is 1.76 bits per heavy atom. The van der Waals surface area contributed by atoms with Crippen LogP contribution in [0.5, 0.6) is 0 Å². The van der Waals surface area contributed by atoms with Gasteiger partial charge in [0.15, 0.2) is 0 Å². The molecule has 0 bridgehead atoms. The number of amides is 2. The second-order valence-electron chi connectivity index (χ2n) is 6.19. The lowest BCUT2D eigenvalue weighted by molar-refractivity contribution is 0.0696. The number of rotatable bonds is 5. The van der Waals surface area contributed by atoms with Crippen LogP contribution in [-0.4, -0.2) is 52.3 Å². The Hall–Kier alpha value is -2.96. The lowest BCUT2D eigenvalue weighted by Gasteiger charge is -2.34. The molecule has 154 valence electrons. The topological polar surface area (TPSA) is 141 Å². The first-order valence-electron chi connectivity index (χ1n) is 8.19. The smallest absolute Gasteiger partial charge is 0.338 e. The van der Waals surface area contributed by atoms with Crippen LogP contribution in [0.15, 0.2) is 52.3 Å². The van der Waals surface area contributed by atoms with Gasteiger partial charge in [-0.3, -0.25) is 4.90 Å². The van der Waals surface area contributed by atoms with Crippen molar-refractivity contribution in [1.29, 1.82) is 0 Å². The molecule has 1 heterocycles. The van der Waals surface area contributed by atoms with E-state index in [1.807, 2.05) is 0 Å². The molecule has 1 aliphatic rings. The molecule has 0 unspecified atom stereocenters. The summed E-state index contributed by atoms with van der Waals surface area (Å²) in [5.74, 6) is -1.30. The molecule has 0 fully saturated rings. The lowest BCUT2D eigenvalue weighted by atomic mass is 10.2. The minimum Gasteiger partial charge on any atom is -0.478 e. The monoisotopic (exact) mass is 439 g/mol. The van der Waals surface area contributed by atoms with Crippen LogP contribution in [0.1, 0.15) is 15.9 Å². The van der Waals surface area contributed by atoms with E-state index in [0.717, 1.165) is 11.0 Å². The molecule has 29 heavy (non-hydrogen) atoms. The molecule has 0 spiro atoms. The van der Waals surface area contributed by atoms with E-state index in [4.69, 9.17) is 5.11 Å². The van der Waals surface area contributed by atoms with Crippen molar-refractivity contribution < 1.29 is 31.5 Å². The van der Waals surface area contributed by atoms with Crippen molar-refractivity contribution in [2.75, 3.05) is 19.0 Å². The number of carbonyl (C=O) groups is 2. The number of sulfonamides is 2. The molecule has 10 nitrogen and oxygen atoms in total. The standard InChI is InChI=1S/C17H17N3O7S2/c1-18-28(24,25)13-6-3-11(4-7-13)10-20-17(23)19(2)14-8-5-12(16(21)22)9-15(14)29(20,26)27/h3-9,18H,10H2,1-2H3,(H,21,22). The van der Waals surface area contributed by atoms with E-state index in [-0.39, 0.29) is 27.6 Å². The average Bonchev–Trinajstić information content (AvgIpc) is 2.69. The molecule has 0 atom stereocenters. The number of carbonyl (C=O) groups excluding carboxylic acids is 1. The molecular weight excluding hydrogens is 422 g/mol. The molecular formula is C17H17N3O7S2. The third kappa shape index (κ3) is 3.57.